The lowest BCUT2D eigenvalue weighted by Crippen LogP contribution is -2.25. The molecule has 0 heterocycles. The third kappa shape index (κ3) is 6.22. The van der Waals surface area contributed by atoms with Crippen LogP contribution in [0.1, 0.15) is 24.0 Å². The summed E-state index contributed by atoms with van der Waals surface area (Å²) in [5, 5.41) is 15.9. The normalized spacial score (nSPS) is 11.1. The van der Waals surface area contributed by atoms with Crippen LogP contribution in [0.5, 0.6) is 0 Å². The number of nitrogens with one attached hydrogen (secondary N) is 2. The van der Waals surface area contributed by atoms with Crippen LogP contribution >= 0.6 is 0 Å². The van der Waals surface area contributed by atoms with Gasteiger partial charge in [-0.15, -0.1) is 0 Å². The molecule has 0 aliphatic heterocycles. The van der Waals surface area contributed by atoms with E-state index < -0.39 is 28.4 Å². The number of benzene rings is 2. The Bertz CT molecular complexity index is 839. The van der Waals surface area contributed by atoms with Crippen molar-refractivity contribution < 1.29 is 27.3 Å². The minimum atomic E-state index is -4.71. The zero-order chi connectivity index (χ0) is 20.7. The maximum atomic E-state index is 13.1. The van der Waals surface area contributed by atoms with Gasteiger partial charge in [-0.3, -0.25) is 14.9 Å². The lowest BCUT2D eigenvalue weighted by atomic mass is 10.1. The van der Waals surface area contributed by atoms with Crippen LogP contribution in [0.4, 0.5) is 28.9 Å². The van der Waals surface area contributed by atoms with Gasteiger partial charge in [0.2, 0.25) is 5.91 Å². The van der Waals surface area contributed by atoms with Gasteiger partial charge in [-0.1, -0.05) is 6.07 Å². The van der Waals surface area contributed by atoms with E-state index in [9.17, 15) is 32.5 Å². The van der Waals surface area contributed by atoms with Crippen LogP contribution in [0.3, 0.4) is 0 Å². The fraction of sp³-hybridized carbons (Fsp3) is 0.278. The Balaban J connectivity index is 1.77. The number of halogens is 4. The first kappa shape index (κ1) is 21.1. The predicted molar refractivity (Wildman–Crippen MR) is 94.1 cm³/mol. The molecule has 0 spiro atoms. The minimum absolute atomic E-state index is 0.0380. The van der Waals surface area contributed by atoms with Gasteiger partial charge >= 0.3 is 6.18 Å². The highest BCUT2D eigenvalue weighted by Gasteiger charge is 2.33. The van der Waals surface area contributed by atoms with Crippen molar-refractivity contribution in [3.05, 3.63) is 69.5 Å². The summed E-state index contributed by atoms with van der Waals surface area (Å²) in [6.45, 7) is 0.0410. The van der Waals surface area contributed by atoms with Crippen LogP contribution in [0.25, 0.3) is 0 Å². The van der Waals surface area contributed by atoms with Gasteiger partial charge < -0.3 is 10.6 Å². The molecule has 1 amide bonds. The fourth-order valence-electron chi connectivity index (χ4n) is 2.43. The summed E-state index contributed by atoms with van der Waals surface area (Å²) in [6, 6.07) is 8.05. The Hall–Kier alpha value is -3.17. The highest BCUT2D eigenvalue weighted by atomic mass is 19.4. The number of rotatable bonds is 8. The molecule has 0 saturated carbocycles. The molecule has 2 N–H and O–H groups in total. The molecule has 0 atom stereocenters. The summed E-state index contributed by atoms with van der Waals surface area (Å²) in [4.78, 5) is 21.9. The fourth-order valence-corrected chi connectivity index (χ4v) is 2.43. The van der Waals surface area contributed by atoms with Crippen molar-refractivity contribution in [3.63, 3.8) is 0 Å². The molecule has 0 saturated heterocycles. The van der Waals surface area contributed by atoms with E-state index in [0.29, 0.717) is 24.7 Å². The van der Waals surface area contributed by atoms with E-state index in [1.54, 1.807) is 0 Å². The van der Waals surface area contributed by atoms with Crippen LogP contribution in [-0.4, -0.2) is 17.4 Å². The second-order valence-electron chi connectivity index (χ2n) is 5.91. The van der Waals surface area contributed by atoms with Crippen LogP contribution in [0, 0.1) is 15.9 Å². The van der Waals surface area contributed by atoms with E-state index in [0.717, 1.165) is 12.1 Å². The lowest BCUT2D eigenvalue weighted by Gasteiger charge is -2.13. The van der Waals surface area contributed by atoms with E-state index in [2.05, 4.69) is 10.6 Å². The lowest BCUT2D eigenvalue weighted by molar-refractivity contribution is -0.384. The molecule has 10 heteroatoms. The van der Waals surface area contributed by atoms with Gasteiger partial charge in [-0.25, -0.2) is 4.39 Å². The first-order chi connectivity index (χ1) is 13.2. The molecular formula is C18H17F4N3O3. The van der Waals surface area contributed by atoms with Gasteiger partial charge in [-0.2, -0.15) is 13.2 Å². The van der Waals surface area contributed by atoms with Gasteiger partial charge in [0.1, 0.15) is 5.82 Å². The van der Waals surface area contributed by atoms with Gasteiger partial charge in [0.15, 0.2) is 0 Å². The molecule has 0 fully saturated rings. The number of anilines is 1. The van der Waals surface area contributed by atoms with Crippen LogP contribution in [0.15, 0.2) is 42.5 Å². The van der Waals surface area contributed by atoms with Crippen LogP contribution in [-0.2, 0) is 17.5 Å². The second-order valence-corrected chi connectivity index (χ2v) is 5.91. The summed E-state index contributed by atoms with van der Waals surface area (Å²) >= 11 is 0. The number of carbonyl (C=O) groups excluding carboxylic acids is 1. The molecule has 0 aromatic heterocycles. The SMILES string of the molecule is O=C(CCCNc1ccc([N+](=O)[O-])cc1)NCc1ccc(F)cc1C(F)(F)F. The van der Waals surface area contributed by atoms with Crippen molar-refractivity contribution in [2.24, 2.45) is 0 Å². The largest absolute Gasteiger partial charge is 0.416 e. The van der Waals surface area contributed by atoms with Gasteiger partial charge in [-0.05, 0) is 36.2 Å². The third-order valence-electron chi connectivity index (χ3n) is 3.84. The predicted octanol–water partition coefficient (Wildman–Crippen LogP) is 4.26. The summed E-state index contributed by atoms with van der Waals surface area (Å²) < 4.78 is 51.8. The first-order valence-electron chi connectivity index (χ1n) is 8.27. The number of hydrogen-bond donors (Lipinski definition) is 2. The molecule has 2 aromatic carbocycles. The van der Waals surface area contributed by atoms with Crippen molar-refractivity contribution in [2.75, 3.05) is 11.9 Å². The monoisotopic (exact) mass is 399 g/mol. The van der Waals surface area contributed by atoms with Crippen molar-refractivity contribution >= 4 is 17.3 Å². The Kier molecular flexibility index (Phi) is 6.91. The van der Waals surface area contributed by atoms with E-state index in [1.807, 2.05) is 0 Å². The number of alkyl halides is 3. The standard InChI is InChI=1S/C18H17F4N3O3/c19-13-4-3-12(16(10-13)18(20,21)22)11-24-17(26)2-1-9-23-14-5-7-15(8-6-14)25(27)28/h3-8,10,23H,1-2,9,11H2,(H,24,26). The summed E-state index contributed by atoms with van der Waals surface area (Å²) in [7, 11) is 0. The molecule has 28 heavy (non-hydrogen) atoms. The number of carbonyl (C=O) groups is 1. The summed E-state index contributed by atoms with van der Waals surface area (Å²) in [5.41, 5.74) is -0.727. The van der Waals surface area contributed by atoms with Crippen molar-refractivity contribution in [2.45, 2.75) is 25.6 Å². The van der Waals surface area contributed by atoms with E-state index in [4.69, 9.17) is 0 Å². The smallest absolute Gasteiger partial charge is 0.385 e. The molecule has 0 aliphatic carbocycles. The number of nitrogens with zero attached hydrogens (tertiary/aromatic N) is 1. The molecular weight excluding hydrogens is 382 g/mol. The Morgan fingerprint density at radius 2 is 1.79 bits per heavy atom. The summed E-state index contributed by atoms with van der Waals surface area (Å²) in [5.74, 6) is -1.44. The third-order valence-corrected chi connectivity index (χ3v) is 3.84. The van der Waals surface area contributed by atoms with Crippen molar-refractivity contribution in [3.8, 4) is 0 Å². The Labute approximate surface area is 157 Å². The van der Waals surface area contributed by atoms with Gasteiger partial charge in [0.05, 0.1) is 10.5 Å². The highest BCUT2D eigenvalue weighted by Crippen LogP contribution is 2.32. The van der Waals surface area contributed by atoms with Crippen molar-refractivity contribution in [1.29, 1.82) is 0 Å². The topological polar surface area (TPSA) is 84.3 Å². The first-order valence-corrected chi connectivity index (χ1v) is 8.27. The second kappa shape index (κ2) is 9.16. The molecule has 150 valence electrons. The maximum absolute atomic E-state index is 13.1. The molecule has 2 rings (SSSR count). The zero-order valence-electron chi connectivity index (χ0n) is 14.6. The van der Waals surface area contributed by atoms with E-state index in [1.165, 1.54) is 24.3 Å². The Morgan fingerprint density at radius 1 is 1.11 bits per heavy atom. The maximum Gasteiger partial charge on any atom is 0.416 e. The number of nitro groups is 1. The minimum Gasteiger partial charge on any atom is -0.385 e. The van der Waals surface area contributed by atoms with Crippen molar-refractivity contribution in [1.82, 2.24) is 5.32 Å². The van der Waals surface area contributed by atoms with Gasteiger partial charge in [0.25, 0.3) is 5.69 Å². The number of amides is 1. The molecule has 0 aliphatic rings. The molecule has 2 aromatic rings. The quantitative estimate of drug-likeness (QED) is 0.301. The van der Waals surface area contributed by atoms with E-state index in [-0.39, 0.29) is 24.2 Å². The van der Waals surface area contributed by atoms with Gasteiger partial charge in [0, 0.05) is 37.3 Å². The number of non-ortho nitro benzene ring substituents is 1. The van der Waals surface area contributed by atoms with Crippen LogP contribution in [0.2, 0.25) is 0 Å². The zero-order valence-corrected chi connectivity index (χ0v) is 14.6. The molecule has 0 radical (unpaired) electrons. The number of hydrogen-bond acceptors (Lipinski definition) is 4. The average molecular weight is 399 g/mol. The van der Waals surface area contributed by atoms with Crippen LogP contribution < -0.4 is 10.6 Å². The molecule has 0 unspecified atom stereocenters. The van der Waals surface area contributed by atoms with E-state index >= 15 is 0 Å². The summed E-state index contributed by atoms with van der Waals surface area (Å²) in [6.07, 6.45) is -4.24. The Morgan fingerprint density at radius 3 is 2.39 bits per heavy atom. The number of nitro benzene ring substituents is 1. The molecule has 0 bridgehead atoms. The highest BCUT2D eigenvalue weighted by molar-refractivity contribution is 5.75. The molecule has 6 nitrogen and oxygen atoms in total. The average Bonchev–Trinajstić information content (AvgIpc) is 2.64.